The van der Waals surface area contributed by atoms with Crippen molar-refractivity contribution in [3.05, 3.63) is 0 Å². The highest BCUT2D eigenvalue weighted by Crippen LogP contribution is 2.17. The van der Waals surface area contributed by atoms with E-state index in [-0.39, 0.29) is 12.2 Å². The number of nitrogens with zero attached hydrogens (tertiary/aromatic N) is 2. The van der Waals surface area contributed by atoms with Crippen molar-refractivity contribution in [2.75, 3.05) is 39.3 Å². The maximum Gasteiger partial charge on any atom is 0.410 e. The van der Waals surface area contributed by atoms with Gasteiger partial charge < -0.3 is 25.0 Å². The fraction of sp³-hybridized carbons (Fsp3) is 0.947. The maximum atomic E-state index is 12.0. The standard InChI is InChI=1S/C19H37N3O3/c1-19(2,3)25-18(23)22-13-8-17(9-14-22)24-15-5-4-10-21-11-6-16(20)7-12-21/h16-17H,4-15,20H2,1-3H3. The number of carbonyl (C=O) groups excluding carboxylic acids is 1. The van der Waals surface area contributed by atoms with Crippen LogP contribution in [0.3, 0.4) is 0 Å². The van der Waals surface area contributed by atoms with E-state index < -0.39 is 5.60 Å². The smallest absolute Gasteiger partial charge is 0.410 e. The summed E-state index contributed by atoms with van der Waals surface area (Å²) >= 11 is 0. The van der Waals surface area contributed by atoms with Crippen molar-refractivity contribution in [2.24, 2.45) is 5.73 Å². The summed E-state index contributed by atoms with van der Waals surface area (Å²) in [5.41, 5.74) is 5.51. The van der Waals surface area contributed by atoms with Crippen LogP contribution in [-0.2, 0) is 9.47 Å². The number of rotatable bonds is 6. The fourth-order valence-electron chi connectivity index (χ4n) is 3.40. The molecule has 2 heterocycles. The topological polar surface area (TPSA) is 68.0 Å². The first-order valence-electron chi connectivity index (χ1n) is 9.91. The SMILES string of the molecule is CC(C)(C)OC(=O)N1CCC(OCCCCN2CCC(N)CC2)CC1. The summed E-state index contributed by atoms with van der Waals surface area (Å²) in [6, 6.07) is 0.408. The Kier molecular flexibility index (Phi) is 7.97. The number of unbranched alkanes of at least 4 members (excludes halogenated alkanes) is 1. The highest BCUT2D eigenvalue weighted by Gasteiger charge is 2.27. The van der Waals surface area contributed by atoms with Gasteiger partial charge >= 0.3 is 6.09 Å². The van der Waals surface area contributed by atoms with E-state index in [4.69, 9.17) is 15.2 Å². The van der Waals surface area contributed by atoms with Crippen LogP contribution in [0.1, 0.15) is 59.3 Å². The summed E-state index contributed by atoms with van der Waals surface area (Å²) in [5, 5.41) is 0. The molecule has 0 atom stereocenters. The normalized spacial score (nSPS) is 21.5. The highest BCUT2D eigenvalue weighted by atomic mass is 16.6. The molecule has 6 nitrogen and oxygen atoms in total. The first kappa shape index (κ1) is 20.5. The van der Waals surface area contributed by atoms with E-state index in [1.165, 1.54) is 6.42 Å². The van der Waals surface area contributed by atoms with Gasteiger partial charge in [-0.1, -0.05) is 0 Å². The molecule has 0 aliphatic carbocycles. The van der Waals surface area contributed by atoms with Gasteiger partial charge in [-0.3, -0.25) is 0 Å². The Bertz CT molecular complexity index is 395. The molecule has 0 unspecified atom stereocenters. The molecule has 2 aliphatic heterocycles. The molecule has 0 radical (unpaired) electrons. The molecule has 1 amide bonds. The van der Waals surface area contributed by atoms with Crippen molar-refractivity contribution in [1.82, 2.24) is 9.80 Å². The van der Waals surface area contributed by atoms with Crippen molar-refractivity contribution in [3.8, 4) is 0 Å². The van der Waals surface area contributed by atoms with E-state index in [0.717, 1.165) is 71.4 Å². The number of nitrogens with two attached hydrogens (primary N) is 1. The minimum absolute atomic E-state index is 0.202. The second-order valence-electron chi connectivity index (χ2n) is 8.42. The second-order valence-corrected chi connectivity index (χ2v) is 8.42. The molecule has 0 aromatic heterocycles. The molecule has 0 bridgehead atoms. The van der Waals surface area contributed by atoms with Gasteiger partial charge in [-0.05, 0) is 78.9 Å². The predicted octanol–water partition coefficient (Wildman–Crippen LogP) is 2.61. The zero-order valence-electron chi connectivity index (χ0n) is 16.3. The number of hydrogen-bond acceptors (Lipinski definition) is 5. The minimum atomic E-state index is -0.427. The van der Waals surface area contributed by atoms with E-state index in [1.807, 2.05) is 20.8 Å². The third-order valence-electron chi connectivity index (χ3n) is 4.95. The number of piperidine rings is 2. The molecule has 0 aromatic carbocycles. The highest BCUT2D eigenvalue weighted by molar-refractivity contribution is 5.68. The first-order valence-corrected chi connectivity index (χ1v) is 9.91. The molecule has 6 heteroatoms. The van der Waals surface area contributed by atoms with Crippen LogP contribution in [0.15, 0.2) is 0 Å². The summed E-state index contributed by atoms with van der Waals surface area (Å²) < 4.78 is 11.4. The van der Waals surface area contributed by atoms with Crippen molar-refractivity contribution < 1.29 is 14.3 Å². The monoisotopic (exact) mass is 355 g/mol. The molecule has 2 aliphatic rings. The molecule has 0 spiro atoms. The van der Waals surface area contributed by atoms with E-state index in [1.54, 1.807) is 4.90 Å². The summed E-state index contributed by atoms with van der Waals surface area (Å²) in [4.78, 5) is 16.4. The second kappa shape index (κ2) is 9.74. The van der Waals surface area contributed by atoms with Crippen LogP contribution in [0.4, 0.5) is 4.79 Å². The van der Waals surface area contributed by atoms with Gasteiger partial charge in [0.05, 0.1) is 6.10 Å². The lowest BCUT2D eigenvalue weighted by molar-refractivity contribution is -0.0124. The average Bonchev–Trinajstić information content (AvgIpc) is 2.55. The van der Waals surface area contributed by atoms with Crippen LogP contribution in [0.5, 0.6) is 0 Å². The van der Waals surface area contributed by atoms with Gasteiger partial charge in [-0.2, -0.15) is 0 Å². The van der Waals surface area contributed by atoms with E-state index in [2.05, 4.69) is 4.90 Å². The number of amides is 1. The van der Waals surface area contributed by atoms with Crippen molar-refractivity contribution >= 4 is 6.09 Å². The third kappa shape index (κ3) is 7.92. The Balaban J connectivity index is 1.50. The van der Waals surface area contributed by atoms with Crippen molar-refractivity contribution in [3.63, 3.8) is 0 Å². The Morgan fingerprint density at radius 1 is 1.04 bits per heavy atom. The van der Waals surface area contributed by atoms with Crippen LogP contribution < -0.4 is 5.73 Å². The van der Waals surface area contributed by atoms with Gasteiger partial charge in [0.25, 0.3) is 0 Å². The number of carbonyl (C=O) groups is 1. The number of hydrogen-bond donors (Lipinski definition) is 1. The zero-order valence-corrected chi connectivity index (χ0v) is 16.3. The largest absolute Gasteiger partial charge is 0.444 e. The molecular weight excluding hydrogens is 318 g/mol. The molecule has 0 saturated carbocycles. The van der Waals surface area contributed by atoms with Crippen molar-refractivity contribution in [2.45, 2.75) is 77.0 Å². The van der Waals surface area contributed by atoms with Gasteiger partial charge in [-0.25, -0.2) is 4.79 Å². The van der Waals surface area contributed by atoms with Crippen LogP contribution >= 0.6 is 0 Å². The lowest BCUT2D eigenvalue weighted by Gasteiger charge is -2.33. The Morgan fingerprint density at radius 2 is 1.68 bits per heavy atom. The predicted molar refractivity (Wildman–Crippen MR) is 99.7 cm³/mol. The molecule has 2 saturated heterocycles. The van der Waals surface area contributed by atoms with Gasteiger partial charge in [-0.15, -0.1) is 0 Å². The van der Waals surface area contributed by atoms with Gasteiger partial charge in [0.1, 0.15) is 5.60 Å². The summed E-state index contributed by atoms with van der Waals surface area (Å²) in [5.74, 6) is 0. The maximum absolute atomic E-state index is 12.0. The third-order valence-corrected chi connectivity index (χ3v) is 4.95. The van der Waals surface area contributed by atoms with Crippen LogP contribution in [-0.4, -0.2) is 73.0 Å². The van der Waals surface area contributed by atoms with Crippen LogP contribution in [0, 0.1) is 0 Å². The Labute approximate surface area is 153 Å². The van der Waals surface area contributed by atoms with Crippen LogP contribution in [0.2, 0.25) is 0 Å². The summed E-state index contributed by atoms with van der Waals surface area (Å²) in [7, 11) is 0. The van der Waals surface area contributed by atoms with Crippen LogP contribution in [0.25, 0.3) is 0 Å². The van der Waals surface area contributed by atoms with E-state index in [9.17, 15) is 4.79 Å². The first-order chi connectivity index (χ1) is 11.8. The molecule has 2 rings (SSSR count). The number of likely N-dealkylation sites (tertiary alicyclic amines) is 2. The van der Waals surface area contributed by atoms with Gasteiger partial charge in [0.15, 0.2) is 0 Å². The lowest BCUT2D eigenvalue weighted by atomic mass is 10.1. The summed E-state index contributed by atoms with van der Waals surface area (Å²) in [6.45, 7) is 11.4. The van der Waals surface area contributed by atoms with E-state index >= 15 is 0 Å². The average molecular weight is 356 g/mol. The molecular formula is C19H37N3O3. The molecule has 2 N–H and O–H groups in total. The molecule has 2 fully saturated rings. The number of ether oxygens (including phenoxy) is 2. The van der Waals surface area contributed by atoms with E-state index in [0.29, 0.717) is 6.04 Å². The minimum Gasteiger partial charge on any atom is -0.444 e. The molecule has 146 valence electrons. The molecule has 0 aromatic rings. The summed E-state index contributed by atoms with van der Waals surface area (Å²) in [6.07, 6.45) is 6.45. The van der Waals surface area contributed by atoms with Gasteiger partial charge in [0, 0.05) is 25.7 Å². The quantitative estimate of drug-likeness (QED) is 0.742. The molecule has 25 heavy (non-hydrogen) atoms. The zero-order chi connectivity index (χ0) is 18.3. The Hall–Kier alpha value is -0.850. The fourth-order valence-corrected chi connectivity index (χ4v) is 3.40. The lowest BCUT2D eigenvalue weighted by Crippen LogP contribution is -2.43. The van der Waals surface area contributed by atoms with Gasteiger partial charge in [0.2, 0.25) is 0 Å². The van der Waals surface area contributed by atoms with Crippen molar-refractivity contribution in [1.29, 1.82) is 0 Å². The Morgan fingerprint density at radius 3 is 2.28 bits per heavy atom.